The summed E-state index contributed by atoms with van der Waals surface area (Å²) in [7, 11) is -4.06. The lowest BCUT2D eigenvalue weighted by atomic mass is 9.87. The summed E-state index contributed by atoms with van der Waals surface area (Å²) in [4.78, 5) is 12.5. The summed E-state index contributed by atoms with van der Waals surface area (Å²) in [5.74, 6) is -0.417. The van der Waals surface area contributed by atoms with Crippen LogP contribution in [0.2, 0.25) is 0 Å². The van der Waals surface area contributed by atoms with E-state index in [4.69, 9.17) is 0 Å². The lowest BCUT2D eigenvalue weighted by molar-refractivity contribution is -0.137. The van der Waals surface area contributed by atoms with Crippen LogP contribution in [0.5, 0.6) is 0 Å². The predicted molar refractivity (Wildman–Crippen MR) is 113 cm³/mol. The number of amides is 1. The third-order valence-corrected chi connectivity index (χ3v) is 8.20. The number of hydrogen-bond acceptors (Lipinski definition) is 3. The van der Waals surface area contributed by atoms with Gasteiger partial charge in [0.15, 0.2) is 0 Å². The Bertz CT molecular complexity index is 1090. The zero-order valence-electron chi connectivity index (χ0n) is 17.4. The molecule has 172 valence electrons. The molecule has 1 saturated heterocycles. The highest BCUT2D eigenvalue weighted by Crippen LogP contribution is 2.33. The highest BCUT2D eigenvalue weighted by molar-refractivity contribution is 7.89. The van der Waals surface area contributed by atoms with Crippen LogP contribution in [-0.2, 0) is 27.4 Å². The number of hydrogen-bond donors (Lipinski definition) is 1. The molecule has 0 spiro atoms. The first-order valence-corrected chi connectivity index (χ1v) is 12.2. The fraction of sp³-hybridized carbons (Fsp3) is 0.435. The van der Waals surface area contributed by atoms with Crippen LogP contribution in [0.25, 0.3) is 0 Å². The van der Waals surface area contributed by atoms with Gasteiger partial charge >= 0.3 is 6.18 Å². The molecular weight excluding hydrogens is 441 g/mol. The Labute approximate surface area is 185 Å². The van der Waals surface area contributed by atoms with Gasteiger partial charge in [0.25, 0.3) is 0 Å². The summed E-state index contributed by atoms with van der Waals surface area (Å²) in [5, 5.41) is 3.12. The van der Waals surface area contributed by atoms with Crippen molar-refractivity contribution in [3.8, 4) is 0 Å². The fourth-order valence-corrected chi connectivity index (χ4v) is 6.05. The van der Waals surface area contributed by atoms with Gasteiger partial charge in [0.1, 0.15) is 0 Å². The van der Waals surface area contributed by atoms with E-state index in [0.29, 0.717) is 18.9 Å². The zero-order chi connectivity index (χ0) is 22.9. The number of rotatable bonds is 4. The van der Waals surface area contributed by atoms with E-state index < -0.39 is 21.8 Å². The minimum absolute atomic E-state index is 0.0423. The van der Waals surface area contributed by atoms with Crippen LogP contribution < -0.4 is 5.32 Å². The molecule has 1 atom stereocenters. The summed E-state index contributed by atoms with van der Waals surface area (Å²) in [6.45, 7) is 0.190. The van der Waals surface area contributed by atoms with E-state index in [1.54, 1.807) is 0 Å². The van der Waals surface area contributed by atoms with Gasteiger partial charge in [-0.2, -0.15) is 17.5 Å². The average molecular weight is 467 g/mol. The largest absolute Gasteiger partial charge is 0.416 e. The first-order valence-electron chi connectivity index (χ1n) is 10.7. The molecular formula is C23H25F3N2O3S. The van der Waals surface area contributed by atoms with E-state index >= 15 is 0 Å². The lowest BCUT2D eigenvalue weighted by Gasteiger charge is -2.32. The van der Waals surface area contributed by atoms with Crippen LogP contribution in [-0.4, -0.2) is 31.7 Å². The topological polar surface area (TPSA) is 66.5 Å². The van der Waals surface area contributed by atoms with Crippen LogP contribution in [0.1, 0.15) is 48.4 Å². The van der Waals surface area contributed by atoms with E-state index in [-0.39, 0.29) is 35.9 Å². The smallest absolute Gasteiger partial charge is 0.349 e. The van der Waals surface area contributed by atoms with Gasteiger partial charge in [-0.05, 0) is 61.4 Å². The molecule has 1 aliphatic carbocycles. The molecule has 1 aliphatic heterocycles. The number of sulfonamides is 1. The third-order valence-electron chi connectivity index (χ3n) is 6.31. The number of carbonyl (C=O) groups excluding carboxylic acids is 1. The van der Waals surface area contributed by atoms with E-state index in [1.165, 1.54) is 15.9 Å². The van der Waals surface area contributed by atoms with Crippen molar-refractivity contribution in [3.63, 3.8) is 0 Å². The molecule has 1 amide bonds. The van der Waals surface area contributed by atoms with Crippen LogP contribution in [0.15, 0.2) is 53.4 Å². The van der Waals surface area contributed by atoms with E-state index in [0.717, 1.165) is 37.0 Å². The molecule has 2 aromatic rings. The standard InChI is InChI=1S/C23H25F3N2O3S/c24-23(25,26)18-7-4-8-19(15-18)32(30,31)28-13-11-17(12-14-28)22(29)27-21-10-3-6-16-5-1-2-9-20(16)21/h1-2,4-5,7-9,15,17,21H,3,6,10-14H2,(H,27,29)/t21-/m1/s1. The van der Waals surface area contributed by atoms with Gasteiger partial charge in [-0.15, -0.1) is 0 Å². The molecule has 4 rings (SSSR count). The highest BCUT2D eigenvalue weighted by atomic mass is 32.2. The molecule has 1 fully saturated rings. The molecule has 0 radical (unpaired) electrons. The summed E-state index contributed by atoms with van der Waals surface area (Å²) in [5.41, 5.74) is 1.38. The molecule has 1 N–H and O–H groups in total. The number of piperidine rings is 1. The normalized spacial score (nSPS) is 20.5. The van der Waals surface area contributed by atoms with Crippen molar-refractivity contribution < 1.29 is 26.4 Å². The van der Waals surface area contributed by atoms with Gasteiger partial charge in [0.2, 0.25) is 15.9 Å². The minimum Gasteiger partial charge on any atom is -0.349 e. The molecule has 5 nitrogen and oxygen atoms in total. The number of carbonyl (C=O) groups is 1. The summed E-state index contributed by atoms with van der Waals surface area (Å²) >= 11 is 0. The predicted octanol–water partition coefficient (Wildman–Crippen LogP) is 4.30. The first kappa shape index (κ1) is 22.8. The van der Waals surface area contributed by atoms with Gasteiger partial charge in [-0.1, -0.05) is 30.3 Å². The van der Waals surface area contributed by atoms with Gasteiger partial charge < -0.3 is 5.32 Å². The highest BCUT2D eigenvalue weighted by Gasteiger charge is 2.35. The van der Waals surface area contributed by atoms with Crippen molar-refractivity contribution in [1.29, 1.82) is 0 Å². The number of fused-ring (bicyclic) bond motifs is 1. The monoisotopic (exact) mass is 466 g/mol. The average Bonchev–Trinajstić information content (AvgIpc) is 2.79. The van der Waals surface area contributed by atoms with Crippen molar-refractivity contribution in [1.82, 2.24) is 9.62 Å². The molecule has 0 unspecified atom stereocenters. The maximum absolute atomic E-state index is 13.0. The summed E-state index contributed by atoms with van der Waals surface area (Å²) in [6, 6.07) is 11.8. The van der Waals surface area contributed by atoms with Crippen LogP contribution >= 0.6 is 0 Å². The maximum Gasteiger partial charge on any atom is 0.416 e. The second-order valence-corrected chi connectivity index (χ2v) is 10.3. The summed E-state index contributed by atoms with van der Waals surface area (Å²) < 4.78 is 65.8. The van der Waals surface area contributed by atoms with Crippen molar-refractivity contribution in [2.24, 2.45) is 5.92 Å². The Morgan fingerprint density at radius 3 is 2.44 bits per heavy atom. The number of nitrogens with one attached hydrogen (secondary N) is 1. The number of aryl methyl sites for hydroxylation is 1. The molecule has 2 aliphatic rings. The Morgan fingerprint density at radius 2 is 1.72 bits per heavy atom. The second kappa shape index (κ2) is 8.86. The van der Waals surface area contributed by atoms with Crippen LogP contribution in [0, 0.1) is 5.92 Å². The molecule has 2 aromatic carbocycles. The van der Waals surface area contributed by atoms with Crippen molar-refractivity contribution in [2.75, 3.05) is 13.1 Å². The van der Waals surface area contributed by atoms with Gasteiger partial charge in [0, 0.05) is 19.0 Å². The van der Waals surface area contributed by atoms with Gasteiger partial charge in [-0.25, -0.2) is 8.42 Å². The first-order chi connectivity index (χ1) is 15.2. The minimum atomic E-state index is -4.62. The molecule has 9 heteroatoms. The number of benzene rings is 2. The second-order valence-electron chi connectivity index (χ2n) is 8.36. The van der Waals surface area contributed by atoms with E-state index in [9.17, 15) is 26.4 Å². The van der Waals surface area contributed by atoms with Crippen LogP contribution in [0.4, 0.5) is 13.2 Å². The SMILES string of the molecule is O=C(N[C@@H]1CCCc2ccccc21)C1CCN(S(=O)(=O)c2cccc(C(F)(F)F)c2)CC1. The Kier molecular flexibility index (Phi) is 6.31. The number of halogens is 3. The molecule has 1 heterocycles. The molecule has 32 heavy (non-hydrogen) atoms. The Morgan fingerprint density at radius 1 is 1.00 bits per heavy atom. The molecule has 0 aromatic heterocycles. The van der Waals surface area contributed by atoms with E-state index in [2.05, 4.69) is 11.4 Å². The maximum atomic E-state index is 13.0. The molecule has 0 bridgehead atoms. The Balaban J connectivity index is 1.40. The number of nitrogens with zero attached hydrogens (tertiary/aromatic N) is 1. The van der Waals surface area contributed by atoms with Crippen LogP contribution in [0.3, 0.4) is 0 Å². The van der Waals surface area contributed by atoms with Gasteiger partial charge in [0.05, 0.1) is 16.5 Å². The van der Waals surface area contributed by atoms with E-state index in [1.807, 2.05) is 18.2 Å². The Hall–Kier alpha value is -2.39. The van der Waals surface area contributed by atoms with Gasteiger partial charge in [-0.3, -0.25) is 4.79 Å². The zero-order valence-corrected chi connectivity index (χ0v) is 18.3. The molecule has 0 saturated carbocycles. The number of alkyl halides is 3. The third kappa shape index (κ3) is 4.68. The lowest BCUT2D eigenvalue weighted by Crippen LogP contribution is -2.44. The van der Waals surface area contributed by atoms with Crippen molar-refractivity contribution in [2.45, 2.75) is 49.2 Å². The van der Waals surface area contributed by atoms with Crippen molar-refractivity contribution >= 4 is 15.9 Å². The fourth-order valence-electron chi connectivity index (χ4n) is 4.53. The van der Waals surface area contributed by atoms with Crippen molar-refractivity contribution in [3.05, 3.63) is 65.2 Å². The summed E-state index contributed by atoms with van der Waals surface area (Å²) in [6.07, 6.45) is -1.10. The quantitative estimate of drug-likeness (QED) is 0.731.